The molecule has 2 rings (SSSR count). The van der Waals surface area contributed by atoms with E-state index >= 15 is 0 Å². The van der Waals surface area contributed by atoms with Gasteiger partial charge in [0, 0.05) is 23.6 Å². The number of carbonyl (C=O) groups is 2. The summed E-state index contributed by atoms with van der Waals surface area (Å²) in [5, 5.41) is 0. The number of ether oxygens (including phenoxy) is 2. The van der Waals surface area contributed by atoms with E-state index in [4.69, 9.17) is 9.47 Å². The first kappa shape index (κ1) is 11.1. The van der Waals surface area contributed by atoms with Gasteiger partial charge < -0.3 is 9.47 Å². The van der Waals surface area contributed by atoms with Crippen LogP contribution in [0.1, 0.15) is 20.3 Å². The van der Waals surface area contributed by atoms with Crippen molar-refractivity contribution in [3.05, 3.63) is 23.0 Å². The SMILES string of the molecule is COC1=CC(=O)C2=C(C[C@@H](C)O[C@@H]2C)C1=O. The average molecular weight is 222 g/mol. The third-order valence-corrected chi connectivity index (χ3v) is 2.91. The van der Waals surface area contributed by atoms with Crippen LogP contribution in [-0.4, -0.2) is 30.9 Å². The summed E-state index contributed by atoms with van der Waals surface area (Å²) >= 11 is 0. The lowest BCUT2D eigenvalue weighted by atomic mass is 9.85. The largest absolute Gasteiger partial charge is 0.493 e. The summed E-state index contributed by atoms with van der Waals surface area (Å²) in [6.45, 7) is 3.69. The van der Waals surface area contributed by atoms with E-state index in [0.29, 0.717) is 17.6 Å². The molecule has 0 amide bonds. The Balaban J connectivity index is 2.45. The van der Waals surface area contributed by atoms with Gasteiger partial charge >= 0.3 is 0 Å². The van der Waals surface area contributed by atoms with Crippen LogP contribution in [0.2, 0.25) is 0 Å². The molecule has 0 radical (unpaired) electrons. The minimum absolute atomic E-state index is 0.0401. The Kier molecular flexibility index (Phi) is 2.68. The van der Waals surface area contributed by atoms with Gasteiger partial charge in [-0.2, -0.15) is 0 Å². The molecule has 0 fully saturated rings. The quantitative estimate of drug-likeness (QED) is 0.625. The molecule has 2 aliphatic rings. The summed E-state index contributed by atoms with van der Waals surface area (Å²) in [7, 11) is 1.40. The number of rotatable bonds is 1. The van der Waals surface area contributed by atoms with Crippen molar-refractivity contribution in [1.82, 2.24) is 0 Å². The second kappa shape index (κ2) is 3.87. The highest BCUT2D eigenvalue weighted by atomic mass is 16.5. The predicted molar refractivity (Wildman–Crippen MR) is 56.8 cm³/mol. The van der Waals surface area contributed by atoms with E-state index in [0.717, 1.165) is 0 Å². The Labute approximate surface area is 93.9 Å². The molecule has 0 aromatic rings. The van der Waals surface area contributed by atoms with E-state index in [1.807, 2.05) is 6.92 Å². The molecule has 0 unspecified atom stereocenters. The highest BCUT2D eigenvalue weighted by Crippen LogP contribution is 2.32. The van der Waals surface area contributed by atoms with Gasteiger partial charge in [0.05, 0.1) is 19.3 Å². The van der Waals surface area contributed by atoms with Crippen LogP contribution in [0, 0.1) is 0 Å². The number of ketones is 2. The Morgan fingerprint density at radius 1 is 1.38 bits per heavy atom. The molecule has 4 heteroatoms. The molecular formula is C12H14O4. The van der Waals surface area contributed by atoms with Gasteiger partial charge in [-0.15, -0.1) is 0 Å². The Bertz CT molecular complexity index is 417. The fourth-order valence-corrected chi connectivity index (χ4v) is 2.23. The third-order valence-electron chi connectivity index (χ3n) is 2.91. The number of hydrogen-bond donors (Lipinski definition) is 0. The van der Waals surface area contributed by atoms with Crippen molar-refractivity contribution >= 4 is 11.6 Å². The van der Waals surface area contributed by atoms with E-state index in [1.165, 1.54) is 13.2 Å². The second-order valence-corrected chi connectivity index (χ2v) is 4.09. The van der Waals surface area contributed by atoms with Gasteiger partial charge in [0.2, 0.25) is 5.78 Å². The van der Waals surface area contributed by atoms with Crippen molar-refractivity contribution in [3.63, 3.8) is 0 Å². The van der Waals surface area contributed by atoms with Gasteiger partial charge in [0.15, 0.2) is 11.5 Å². The van der Waals surface area contributed by atoms with Gasteiger partial charge in [0.1, 0.15) is 0 Å². The minimum Gasteiger partial charge on any atom is -0.493 e. The molecule has 1 aliphatic heterocycles. The van der Waals surface area contributed by atoms with Crippen LogP contribution < -0.4 is 0 Å². The lowest BCUT2D eigenvalue weighted by Gasteiger charge is -2.31. The maximum Gasteiger partial charge on any atom is 0.224 e. The van der Waals surface area contributed by atoms with Gasteiger partial charge in [-0.3, -0.25) is 9.59 Å². The smallest absolute Gasteiger partial charge is 0.224 e. The first-order valence-corrected chi connectivity index (χ1v) is 5.27. The van der Waals surface area contributed by atoms with Crippen molar-refractivity contribution in [2.75, 3.05) is 7.11 Å². The monoisotopic (exact) mass is 222 g/mol. The van der Waals surface area contributed by atoms with Crippen molar-refractivity contribution in [2.45, 2.75) is 32.5 Å². The molecule has 0 aromatic carbocycles. The second-order valence-electron chi connectivity index (χ2n) is 4.09. The molecule has 0 bridgehead atoms. The van der Waals surface area contributed by atoms with E-state index in [9.17, 15) is 9.59 Å². The highest BCUT2D eigenvalue weighted by Gasteiger charge is 2.36. The lowest BCUT2D eigenvalue weighted by Crippen LogP contribution is -2.35. The molecule has 0 N–H and O–H groups in total. The van der Waals surface area contributed by atoms with Crippen LogP contribution in [0.15, 0.2) is 23.0 Å². The number of hydrogen-bond acceptors (Lipinski definition) is 4. The summed E-state index contributed by atoms with van der Waals surface area (Å²) in [5.74, 6) is -0.227. The van der Waals surface area contributed by atoms with E-state index < -0.39 is 0 Å². The Hall–Kier alpha value is -1.42. The van der Waals surface area contributed by atoms with Crippen LogP contribution >= 0.6 is 0 Å². The zero-order valence-corrected chi connectivity index (χ0v) is 9.57. The molecule has 0 aromatic heterocycles. The molecule has 2 atom stereocenters. The molecule has 1 heterocycles. The molecule has 16 heavy (non-hydrogen) atoms. The maximum atomic E-state index is 12.0. The van der Waals surface area contributed by atoms with Crippen LogP contribution in [0.3, 0.4) is 0 Å². The fourth-order valence-electron chi connectivity index (χ4n) is 2.23. The first-order valence-electron chi connectivity index (χ1n) is 5.27. The average Bonchev–Trinajstić information content (AvgIpc) is 2.22. The number of methoxy groups -OCH3 is 1. The topological polar surface area (TPSA) is 52.6 Å². The zero-order chi connectivity index (χ0) is 11.9. The number of Topliss-reactive ketones (excluding diaryl/α,β-unsaturated/α-hetero) is 1. The van der Waals surface area contributed by atoms with Crippen LogP contribution in [0.25, 0.3) is 0 Å². The van der Waals surface area contributed by atoms with Gasteiger partial charge in [-0.25, -0.2) is 0 Å². The van der Waals surface area contributed by atoms with Crippen LogP contribution in [0.5, 0.6) is 0 Å². The summed E-state index contributed by atoms with van der Waals surface area (Å²) < 4.78 is 10.5. The maximum absolute atomic E-state index is 12.0. The van der Waals surface area contributed by atoms with Crippen molar-refractivity contribution in [1.29, 1.82) is 0 Å². The fraction of sp³-hybridized carbons (Fsp3) is 0.500. The normalized spacial score (nSPS) is 30.1. The summed E-state index contributed by atoms with van der Waals surface area (Å²) in [6, 6.07) is 0. The molecular weight excluding hydrogens is 208 g/mol. The molecule has 1 aliphatic carbocycles. The molecule has 0 saturated carbocycles. The number of carbonyl (C=O) groups excluding carboxylic acids is 2. The Morgan fingerprint density at radius 2 is 2.06 bits per heavy atom. The summed E-state index contributed by atoms with van der Waals surface area (Å²) in [4.78, 5) is 23.8. The van der Waals surface area contributed by atoms with Gasteiger partial charge in [0.25, 0.3) is 0 Å². The number of allylic oxidation sites excluding steroid dienone is 2. The van der Waals surface area contributed by atoms with Gasteiger partial charge in [-0.1, -0.05) is 0 Å². The van der Waals surface area contributed by atoms with E-state index in [1.54, 1.807) is 6.92 Å². The third kappa shape index (κ3) is 1.59. The molecule has 4 nitrogen and oxygen atoms in total. The summed E-state index contributed by atoms with van der Waals surface area (Å²) in [6.07, 6.45) is 1.37. The summed E-state index contributed by atoms with van der Waals surface area (Å²) in [5.41, 5.74) is 1.04. The Morgan fingerprint density at radius 3 is 2.69 bits per heavy atom. The van der Waals surface area contributed by atoms with Crippen molar-refractivity contribution in [3.8, 4) is 0 Å². The van der Waals surface area contributed by atoms with E-state index in [-0.39, 0.29) is 29.5 Å². The van der Waals surface area contributed by atoms with E-state index in [2.05, 4.69) is 0 Å². The standard InChI is InChI=1S/C12H14O4/c1-6-4-8-11(7(2)16-6)9(13)5-10(15-3)12(8)14/h5-7H,4H2,1-3H3/t6-,7-/m1/s1. The van der Waals surface area contributed by atoms with Crippen LogP contribution in [-0.2, 0) is 19.1 Å². The van der Waals surface area contributed by atoms with Crippen molar-refractivity contribution in [2.24, 2.45) is 0 Å². The zero-order valence-electron chi connectivity index (χ0n) is 9.57. The van der Waals surface area contributed by atoms with Crippen molar-refractivity contribution < 1.29 is 19.1 Å². The lowest BCUT2D eigenvalue weighted by molar-refractivity contribution is -0.121. The van der Waals surface area contributed by atoms with Gasteiger partial charge in [-0.05, 0) is 13.8 Å². The minimum atomic E-state index is -0.315. The van der Waals surface area contributed by atoms with Crippen LogP contribution in [0.4, 0.5) is 0 Å². The predicted octanol–water partition coefficient (Wildman–Crippen LogP) is 1.16. The molecule has 86 valence electrons. The molecule has 0 spiro atoms. The molecule has 0 saturated heterocycles. The highest BCUT2D eigenvalue weighted by molar-refractivity contribution is 6.22. The first-order chi connectivity index (χ1) is 7.54.